The van der Waals surface area contributed by atoms with Gasteiger partial charge in [-0.3, -0.25) is 4.79 Å². The van der Waals surface area contributed by atoms with Crippen molar-refractivity contribution in [2.45, 2.75) is 20.0 Å². The van der Waals surface area contributed by atoms with Gasteiger partial charge in [-0.25, -0.2) is 4.98 Å². The van der Waals surface area contributed by atoms with E-state index < -0.39 is 0 Å². The van der Waals surface area contributed by atoms with Crippen LogP contribution < -0.4 is 5.32 Å². The molecule has 1 aromatic carbocycles. The molecule has 2 heterocycles. The number of amides is 1. The van der Waals surface area contributed by atoms with Gasteiger partial charge in [-0.05, 0) is 38.1 Å². The number of nitrogens with zero attached hydrogens (tertiary/aromatic N) is 1. The van der Waals surface area contributed by atoms with Crippen molar-refractivity contribution < 1.29 is 9.53 Å². The van der Waals surface area contributed by atoms with E-state index in [1.54, 1.807) is 7.11 Å². The predicted octanol–water partition coefficient (Wildman–Crippen LogP) is 3.89. The highest BCUT2D eigenvalue weighted by atomic mass is 32.1. The number of fused-ring (bicyclic) bond motifs is 1. The van der Waals surface area contributed by atoms with E-state index in [1.165, 1.54) is 11.3 Å². The molecule has 0 saturated carbocycles. The number of thiazole rings is 1. The van der Waals surface area contributed by atoms with Gasteiger partial charge in [-0.1, -0.05) is 0 Å². The molecule has 114 valence electrons. The van der Waals surface area contributed by atoms with Gasteiger partial charge in [-0.2, -0.15) is 0 Å². The zero-order chi connectivity index (χ0) is 15.7. The number of aryl methyl sites for hydroxylation is 1. The molecule has 0 aliphatic carbocycles. The van der Waals surface area contributed by atoms with Crippen molar-refractivity contribution in [3.8, 4) is 0 Å². The van der Waals surface area contributed by atoms with Gasteiger partial charge in [0.2, 0.25) is 0 Å². The first-order valence-corrected chi connectivity index (χ1v) is 7.78. The van der Waals surface area contributed by atoms with E-state index in [4.69, 9.17) is 4.74 Å². The van der Waals surface area contributed by atoms with Crippen molar-refractivity contribution in [2.75, 3.05) is 12.4 Å². The molecule has 5 nitrogen and oxygen atoms in total. The van der Waals surface area contributed by atoms with E-state index in [0.29, 0.717) is 4.88 Å². The van der Waals surface area contributed by atoms with Gasteiger partial charge in [0.1, 0.15) is 16.0 Å². The Hall–Kier alpha value is -2.18. The third-order valence-electron chi connectivity index (χ3n) is 3.53. The third-order valence-corrected chi connectivity index (χ3v) is 4.85. The van der Waals surface area contributed by atoms with E-state index in [9.17, 15) is 4.79 Å². The lowest BCUT2D eigenvalue weighted by Gasteiger charge is -2.04. The first-order valence-electron chi connectivity index (χ1n) is 6.97. The molecule has 0 saturated heterocycles. The smallest absolute Gasteiger partial charge is 0.267 e. The fraction of sp³-hybridized carbons (Fsp3) is 0.250. The molecule has 0 spiro atoms. The number of carbonyl (C=O) groups excluding carboxylic acids is 1. The summed E-state index contributed by atoms with van der Waals surface area (Å²) in [6.45, 7) is 3.76. The van der Waals surface area contributed by atoms with Crippen molar-refractivity contribution >= 4 is 33.8 Å². The largest absolute Gasteiger partial charge is 0.375 e. The van der Waals surface area contributed by atoms with Crippen LogP contribution in [0.5, 0.6) is 0 Å². The second-order valence-corrected chi connectivity index (χ2v) is 6.11. The molecular formula is C16H17N3O2S. The van der Waals surface area contributed by atoms with Crippen LogP contribution in [-0.2, 0) is 4.74 Å². The highest BCUT2D eigenvalue weighted by molar-refractivity contribution is 7.14. The number of aromatic nitrogens is 2. The second-order valence-electron chi connectivity index (χ2n) is 5.08. The van der Waals surface area contributed by atoms with E-state index in [1.807, 2.05) is 44.3 Å². The lowest BCUT2D eigenvalue weighted by Crippen LogP contribution is -2.11. The Balaban J connectivity index is 1.83. The summed E-state index contributed by atoms with van der Waals surface area (Å²) in [5, 5.41) is 4.80. The molecule has 1 atom stereocenters. The molecule has 0 fully saturated rings. The van der Waals surface area contributed by atoms with Crippen molar-refractivity contribution in [3.05, 3.63) is 46.0 Å². The van der Waals surface area contributed by atoms with Crippen LogP contribution in [0.15, 0.2) is 30.5 Å². The van der Waals surface area contributed by atoms with Crippen LogP contribution in [0, 0.1) is 6.92 Å². The van der Waals surface area contributed by atoms with Gasteiger partial charge in [0, 0.05) is 29.9 Å². The Morgan fingerprint density at radius 1 is 1.41 bits per heavy atom. The molecule has 2 aromatic heterocycles. The maximum Gasteiger partial charge on any atom is 0.267 e. The Morgan fingerprint density at radius 2 is 2.23 bits per heavy atom. The summed E-state index contributed by atoms with van der Waals surface area (Å²) in [6.07, 6.45) is 1.77. The van der Waals surface area contributed by atoms with E-state index >= 15 is 0 Å². The number of H-pyrrole nitrogens is 1. The summed E-state index contributed by atoms with van der Waals surface area (Å²) >= 11 is 1.37. The van der Waals surface area contributed by atoms with Gasteiger partial charge >= 0.3 is 0 Å². The number of ether oxygens (including phenoxy) is 1. The van der Waals surface area contributed by atoms with E-state index in [2.05, 4.69) is 15.3 Å². The summed E-state index contributed by atoms with van der Waals surface area (Å²) in [6, 6.07) is 7.74. The number of hydrogen-bond acceptors (Lipinski definition) is 4. The number of hydrogen-bond donors (Lipinski definition) is 2. The topological polar surface area (TPSA) is 67.0 Å². The molecular weight excluding hydrogens is 298 g/mol. The summed E-state index contributed by atoms with van der Waals surface area (Å²) in [4.78, 5) is 20.6. The fourth-order valence-corrected chi connectivity index (χ4v) is 3.21. The Morgan fingerprint density at radius 3 is 3.00 bits per heavy atom. The average Bonchev–Trinajstić information content (AvgIpc) is 3.12. The fourth-order valence-electron chi connectivity index (χ4n) is 2.22. The number of benzene rings is 1. The van der Waals surface area contributed by atoms with E-state index in [-0.39, 0.29) is 12.0 Å². The molecule has 1 unspecified atom stereocenters. The minimum absolute atomic E-state index is 0.110. The number of aromatic amines is 1. The number of nitrogens with one attached hydrogen (secondary N) is 2. The molecule has 3 rings (SSSR count). The zero-order valence-electron chi connectivity index (χ0n) is 12.6. The monoisotopic (exact) mass is 315 g/mol. The Bertz CT molecular complexity index is 822. The van der Waals surface area contributed by atoms with Gasteiger partial charge in [0.25, 0.3) is 5.91 Å². The maximum atomic E-state index is 12.4. The molecule has 22 heavy (non-hydrogen) atoms. The minimum atomic E-state index is -0.139. The second kappa shape index (κ2) is 5.90. The van der Waals surface area contributed by atoms with Crippen LogP contribution in [-0.4, -0.2) is 23.0 Å². The van der Waals surface area contributed by atoms with Crippen LogP contribution in [0.4, 0.5) is 5.69 Å². The predicted molar refractivity (Wildman–Crippen MR) is 88.5 cm³/mol. The van der Waals surface area contributed by atoms with Crippen LogP contribution in [0.1, 0.15) is 33.4 Å². The van der Waals surface area contributed by atoms with Crippen molar-refractivity contribution in [3.63, 3.8) is 0 Å². The first-order chi connectivity index (χ1) is 10.6. The number of anilines is 1. The van der Waals surface area contributed by atoms with E-state index in [0.717, 1.165) is 27.3 Å². The van der Waals surface area contributed by atoms with Gasteiger partial charge < -0.3 is 15.0 Å². The standard InChI is InChI=1S/C16H17N3O2S/c1-9-14(22-16(18-9)10(2)21-3)15(20)19-12-4-5-13-11(8-12)6-7-17-13/h4-8,10,17H,1-3H3,(H,19,20). The molecule has 1 amide bonds. The lowest BCUT2D eigenvalue weighted by atomic mass is 10.2. The van der Waals surface area contributed by atoms with Gasteiger partial charge in [0.05, 0.1) is 5.69 Å². The van der Waals surface area contributed by atoms with Crippen LogP contribution in [0.25, 0.3) is 10.9 Å². The van der Waals surface area contributed by atoms with Crippen LogP contribution >= 0.6 is 11.3 Å². The molecule has 2 N–H and O–H groups in total. The number of methoxy groups -OCH3 is 1. The van der Waals surface area contributed by atoms with Crippen molar-refractivity contribution in [2.24, 2.45) is 0 Å². The number of rotatable bonds is 4. The average molecular weight is 315 g/mol. The zero-order valence-corrected chi connectivity index (χ0v) is 13.5. The molecule has 0 bridgehead atoms. The third kappa shape index (κ3) is 2.75. The molecule has 6 heteroatoms. The Labute approximate surface area is 132 Å². The minimum Gasteiger partial charge on any atom is -0.375 e. The Kier molecular flexibility index (Phi) is 3.96. The highest BCUT2D eigenvalue weighted by Gasteiger charge is 2.18. The van der Waals surface area contributed by atoms with Crippen molar-refractivity contribution in [1.29, 1.82) is 0 Å². The van der Waals surface area contributed by atoms with Crippen LogP contribution in [0.3, 0.4) is 0 Å². The first kappa shape index (κ1) is 14.7. The number of carbonyl (C=O) groups is 1. The van der Waals surface area contributed by atoms with Crippen LogP contribution in [0.2, 0.25) is 0 Å². The van der Waals surface area contributed by atoms with Gasteiger partial charge in [-0.15, -0.1) is 11.3 Å². The molecule has 0 aliphatic rings. The SMILES string of the molecule is COC(C)c1nc(C)c(C(=O)Nc2ccc3[nH]ccc3c2)s1. The highest BCUT2D eigenvalue weighted by Crippen LogP contribution is 2.26. The summed E-state index contributed by atoms with van der Waals surface area (Å²) in [7, 11) is 1.63. The lowest BCUT2D eigenvalue weighted by molar-refractivity contribution is 0.103. The maximum absolute atomic E-state index is 12.4. The molecule has 0 radical (unpaired) electrons. The van der Waals surface area contributed by atoms with Crippen molar-refractivity contribution in [1.82, 2.24) is 9.97 Å². The molecule has 3 aromatic rings. The summed E-state index contributed by atoms with van der Waals surface area (Å²) < 4.78 is 5.25. The normalized spacial score (nSPS) is 12.5. The summed E-state index contributed by atoms with van der Waals surface area (Å²) in [5.74, 6) is -0.139. The molecule has 0 aliphatic heterocycles. The quantitative estimate of drug-likeness (QED) is 0.767. The van der Waals surface area contributed by atoms with Gasteiger partial charge in [0.15, 0.2) is 0 Å². The summed E-state index contributed by atoms with van der Waals surface area (Å²) in [5.41, 5.74) is 2.54.